The lowest BCUT2D eigenvalue weighted by molar-refractivity contribution is -0.121. The van der Waals surface area contributed by atoms with Crippen LogP contribution in [0.3, 0.4) is 0 Å². The van der Waals surface area contributed by atoms with Crippen molar-refractivity contribution in [1.82, 2.24) is 10.6 Å². The molecule has 0 heterocycles. The normalized spacial score (nSPS) is 11.4. The van der Waals surface area contributed by atoms with Crippen molar-refractivity contribution in [3.8, 4) is 0 Å². The molecule has 0 fully saturated rings. The van der Waals surface area contributed by atoms with E-state index >= 15 is 0 Å². The molecule has 1 unspecified atom stereocenters. The average molecular weight is 426 g/mol. The summed E-state index contributed by atoms with van der Waals surface area (Å²) < 4.78 is 0. The molecule has 2 amide bonds. The fraction of sp³-hybridized carbons (Fsp3) is 0.0455. The second-order valence-corrected chi connectivity index (χ2v) is 7.07. The lowest BCUT2D eigenvalue weighted by Gasteiger charge is -2.19. The zero-order chi connectivity index (χ0) is 20.8. The molecule has 5 nitrogen and oxygen atoms in total. The standard InChI is InChI=1S/C22H17Cl2N3O2/c23-17-10-6-15(7-11-17)20(25)27-22(29)19(14-4-2-1-3-5-14)26-21(28)16-8-12-18(24)13-9-16/h1-13,19H,(H,26,28)(H2,25,27,29). The molecule has 3 N–H and O–H groups in total. The minimum absolute atomic E-state index is 0.0895. The molecule has 29 heavy (non-hydrogen) atoms. The second kappa shape index (κ2) is 9.37. The van der Waals surface area contributed by atoms with Gasteiger partial charge in [-0.3, -0.25) is 15.0 Å². The van der Waals surface area contributed by atoms with E-state index in [-0.39, 0.29) is 5.84 Å². The number of nitrogens with one attached hydrogen (secondary N) is 3. The van der Waals surface area contributed by atoms with Crippen LogP contribution in [-0.4, -0.2) is 17.6 Å². The molecule has 3 rings (SSSR count). The van der Waals surface area contributed by atoms with Crippen molar-refractivity contribution in [3.63, 3.8) is 0 Å². The molecule has 0 aromatic heterocycles. The summed E-state index contributed by atoms with van der Waals surface area (Å²) in [5.74, 6) is -1.05. The van der Waals surface area contributed by atoms with Gasteiger partial charge in [0.2, 0.25) is 0 Å². The zero-order valence-electron chi connectivity index (χ0n) is 15.2. The Labute approximate surface area is 178 Å². The summed E-state index contributed by atoms with van der Waals surface area (Å²) in [6, 6.07) is 20.7. The van der Waals surface area contributed by atoms with E-state index in [0.29, 0.717) is 26.7 Å². The third-order valence-electron chi connectivity index (χ3n) is 4.16. The van der Waals surface area contributed by atoms with E-state index in [1.54, 1.807) is 72.8 Å². The zero-order valence-corrected chi connectivity index (χ0v) is 16.7. The number of amidine groups is 1. The minimum atomic E-state index is -0.980. The minimum Gasteiger partial charge on any atom is -0.336 e. The van der Waals surface area contributed by atoms with Crippen LogP contribution in [0.15, 0.2) is 78.9 Å². The van der Waals surface area contributed by atoms with Gasteiger partial charge in [0.05, 0.1) is 0 Å². The highest BCUT2D eigenvalue weighted by Crippen LogP contribution is 2.16. The molecule has 0 spiro atoms. The van der Waals surface area contributed by atoms with Crippen LogP contribution in [0.1, 0.15) is 27.5 Å². The van der Waals surface area contributed by atoms with Gasteiger partial charge in [0.15, 0.2) is 0 Å². The van der Waals surface area contributed by atoms with E-state index < -0.39 is 17.9 Å². The molecule has 0 radical (unpaired) electrons. The quantitative estimate of drug-likeness (QED) is 0.412. The number of hydrogen-bond acceptors (Lipinski definition) is 3. The molecular weight excluding hydrogens is 409 g/mol. The predicted molar refractivity (Wildman–Crippen MR) is 115 cm³/mol. The largest absolute Gasteiger partial charge is 0.336 e. The Hall–Kier alpha value is -3.15. The van der Waals surface area contributed by atoms with E-state index in [1.165, 1.54) is 0 Å². The topological polar surface area (TPSA) is 82.1 Å². The SMILES string of the molecule is N=C(NC(=O)C(NC(=O)c1ccc(Cl)cc1)c1ccccc1)c1ccc(Cl)cc1. The molecule has 3 aromatic rings. The third-order valence-corrected chi connectivity index (χ3v) is 4.66. The first-order valence-electron chi connectivity index (χ1n) is 8.71. The van der Waals surface area contributed by atoms with Gasteiger partial charge < -0.3 is 10.6 Å². The second-order valence-electron chi connectivity index (χ2n) is 6.20. The Morgan fingerprint density at radius 3 is 1.83 bits per heavy atom. The van der Waals surface area contributed by atoms with E-state index in [1.807, 2.05) is 6.07 Å². The van der Waals surface area contributed by atoms with Crippen molar-refractivity contribution in [1.29, 1.82) is 5.41 Å². The molecule has 0 aliphatic rings. The van der Waals surface area contributed by atoms with Gasteiger partial charge in [-0.1, -0.05) is 53.5 Å². The van der Waals surface area contributed by atoms with Crippen LogP contribution in [0.25, 0.3) is 0 Å². The van der Waals surface area contributed by atoms with E-state index in [2.05, 4.69) is 10.6 Å². The van der Waals surface area contributed by atoms with E-state index in [9.17, 15) is 9.59 Å². The van der Waals surface area contributed by atoms with Crippen LogP contribution in [0.4, 0.5) is 0 Å². The first-order chi connectivity index (χ1) is 13.9. The molecule has 0 aliphatic carbocycles. The average Bonchev–Trinajstić information content (AvgIpc) is 2.73. The van der Waals surface area contributed by atoms with Crippen molar-refractivity contribution >= 4 is 40.9 Å². The highest BCUT2D eigenvalue weighted by molar-refractivity contribution is 6.31. The fourth-order valence-corrected chi connectivity index (χ4v) is 2.90. The Bertz CT molecular complexity index is 1020. The van der Waals surface area contributed by atoms with Crippen LogP contribution in [0, 0.1) is 5.41 Å². The molecule has 7 heteroatoms. The number of amides is 2. The van der Waals surface area contributed by atoms with Crippen LogP contribution in [0.5, 0.6) is 0 Å². The first-order valence-corrected chi connectivity index (χ1v) is 9.46. The molecule has 0 aliphatic heterocycles. The van der Waals surface area contributed by atoms with Crippen molar-refractivity contribution in [2.45, 2.75) is 6.04 Å². The molecule has 0 saturated heterocycles. The summed E-state index contributed by atoms with van der Waals surface area (Å²) >= 11 is 11.7. The van der Waals surface area contributed by atoms with E-state index in [4.69, 9.17) is 28.6 Å². The number of carbonyl (C=O) groups is 2. The third kappa shape index (κ3) is 5.44. The van der Waals surface area contributed by atoms with Crippen molar-refractivity contribution in [2.75, 3.05) is 0 Å². The Morgan fingerprint density at radius 2 is 1.28 bits per heavy atom. The Kier molecular flexibility index (Phi) is 6.65. The summed E-state index contributed by atoms with van der Waals surface area (Å²) in [4.78, 5) is 25.5. The van der Waals surface area contributed by atoms with Gasteiger partial charge >= 0.3 is 0 Å². The predicted octanol–water partition coefficient (Wildman–Crippen LogP) is 4.61. The summed E-state index contributed by atoms with van der Waals surface area (Å²) in [7, 11) is 0. The molecular formula is C22H17Cl2N3O2. The van der Waals surface area contributed by atoms with Crippen molar-refractivity contribution in [3.05, 3.63) is 106 Å². The molecule has 0 saturated carbocycles. The van der Waals surface area contributed by atoms with Gasteiger partial charge in [-0.05, 0) is 54.1 Å². The maximum Gasteiger partial charge on any atom is 0.252 e. The molecule has 1 atom stereocenters. The lowest BCUT2D eigenvalue weighted by Crippen LogP contribution is -2.42. The lowest BCUT2D eigenvalue weighted by atomic mass is 10.0. The van der Waals surface area contributed by atoms with Crippen LogP contribution < -0.4 is 10.6 Å². The molecule has 3 aromatic carbocycles. The van der Waals surface area contributed by atoms with Crippen molar-refractivity contribution < 1.29 is 9.59 Å². The van der Waals surface area contributed by atoms with Gasteiger partial charge in [-0.2, -0.15) is 0 Å². The van der Waals surface area contributed by atoms with Gasteiger partial charge in [0.1, 0.15) is 11.9 Å². The monoisotopic (exact) mass is 425 g/mol. The van der Waals surface area contributed by atoms with Crippen LogP contribution in [-0.2, 0) is 4.79 Å². The Morgan fingerprint density at radius 1 is 0.759 bits per heavy atom. The fourth-order valence-electron chi connectivity index (χ4n) is 2.65. The highest BCUT2D eigenvalue weighted by atomic mass is 35.5. The first kappa shape index (κ1) is 20.6. The van der Waals surface area contributed by atoms with Crippen LogP contribution >= 0.6 is 23.2 Å². The molecule has 146 valence electrons. The van der Waals surface area contributed by atoms with Gasteiger partial charge in [-0.25, -0.2) is 0 Å². The number of halogens is 2. The van der Waals surface area contributed by atoms with Crippen LogP contribution in [0.2, 0.25) is 10.0 Å². The maximum atomic E-state index is 12.9. The number of hydrogen-bond donors (Lipinski definition) is 3. The highest BCUT2D eigenvalue weighted by Gasteiger charge is 2.24. The molecule has 0 bridgehead atoms. The summed E-state index contributed by atoms with van der Waals surface area (Å²) in [5.41, 5.74) is 1.46. The number of carbonyl (C=O) groups excluding carboxylic acids is 2. The maximum absolute atomic E-state index is 12.9. The van der Waals surface area contributed by atoms with Gasteiger partial charge in [0, 0.05) is 21.2 Å². The van der Waals surface area contributed by atoms with Gasteiger partial charge in [-0.15, -0.1) is 0 Å². The van der Waals surface area contributed by atoms with Gasteiger partial charge in [0.25, 0.3) is 11.8 Å². The number of rotatable bonds is 5. The number of benzene rings is 3. The summed E-state index contributed by atoms with van der Waals surface area (Å²) in [6.45, 7) is 0. The van der Waals surface area contributed by atoms with E-state index in [0.717, 1.165) is 0 Å². The summed E-state index contributed by atoms with van der Waals surface area (Å²) in [6.07, 6.45) is 0. The smallest absolute Gasteiger partial charge is 0.252 e. The van der Waals surface area contributed by atoms with Crippen molar-refractivity contribution in [2.24, 2.45) is 0 Å². The summed E-state index contributed by atoms with van der Waals surface area (Å²) in [5, 5.41) is 14.5. The Balaban J connectivity index is 1.80.